The monoisotopic (exact) mass is 257 g/mol. The first-order chi connectivity index (χ1) is 8.49. The highest BCUT2D eigenvalue weighted by Crippen LogP contribution is 2.29. The largest absolute Gasteiger partial charge is 0.153 e. The van der Waals surface area contributed by atoms with Gasteiger partial charge in [-0.25, -0.2) is 0 Å². The molecule has 0 saturated carbocycles. The van der Waals surface area contributed by atoms with Gasteiger partial charge in [0.15, 0.2) is 9.64 Å². The Morgan fingerprint density at radius 2 is 1.50 bits per heavy atom. The van der Waals surface area contributed by atoms with Crippen molar-refractivity contribution < 1.29 is 0 Å². The van der Waals surface area contributed by atoms with Crippen molar-refractivity contribution in [3.05, 3.63) is 65.2 Å². The fraction of sp³-hybridized carbons (Fsp3) is 0.294. The molecule has 0 unspecified atom stereocenters. The lowest BCUT2D eigenvalue weighted by Crippen LogP contribution is -2.19. The first-order valence-electron chi connectivity index (χ1n) is 6.35. The lowest BCUT2D eigenvalue weighted by atomic mass is 9.98. The molecule has 18 heavy (non-hydrogen) atoms. The van der Waals surface area contributed by atoms with Crippen molar-refractivity contribution in [3.63, 3.8) is 0 Å². The Bertz CT molecular complexity index is 527. The van der Waals surface area contributed by atoms with Crippen molar-refractivity contribution in [2.45, 2.75) is 37.3 Å². The molecule has 0 fully saturated rings. The van der Waals surface area contributed by atoms with Crippen LogP contribution in [0.15, 0.2) is 53.4 Å². The third-order valence-corrected chi connectivity index (χ3v) is 4.75. The molecule has 0 aliphatic heterocycles. The van der Waals surface area contributed by atoms with E-state index in [1.807, 2.05) is 0 Å². The van der Waals surface area contributed by atoms with Gasteiger partial charge in [-0.3, -0.25) is 0 Å². The minimum absolute atomic E-state index is 0.153. The van der Waals surface area contributed by atoms with Crippen LogP contribution in [0.5, 0.6) is 0 Å². The van der Waals surface area contributed by atoms with Crippen LogP contribution < -0.4 is 0 Å². The lowest BCUT2D eigenvalue weighted by Gasteiger charge is -2.18. The van der Waals surface area contributed by atoms with Gasteiger partial charge in [0.2, 0.25) is 0 Å². The Balaban J connectivity index is 2.27. The molecular weight excluding hydrogens is 236 g/mol. The highest BCUT2D eigenvalue weighted by atomic mass is 32.2. The van der Waals surface area contributed by atoms with Gasteiger partial charge in [0.1, 0.15) is 0 Å². The number of benzene rings is 2. The third-order valence-electron chi connectivity index (χ3n) is 3.38. The van der Waals surface area contributed by atoms with E-state index in [0.29, 0.717) is 0 Å². The predicted octanol–water partition coefficient (Wildman–Crippen LogP) is 4.41. The maximum Gasteiger partial charge on any atom is 0.153 e. The predicted molar refractivity (Wildman–Crippen MR) is 82.4 cm³/mol. The van der Waals surface area contributed by atoms with E-state index in [2.05, 4.69) is 76.2 Å². The lowest BCUT2D eigenvalue weighted by molar-refractivity contribution is 0.777. The summed E-state index contributed by atoms with van der Waals surface area (Å²) in [6.07, 6.45) is 0. The fourth-order valence-corrected chi connectivity index (χ4v) is 3.25. The number of aryl methyl sites for hydroxylation is 2. The highest BCUT2D eigenvalue weighted by molar-refractivity contribution is 7.79. The maximum absolute atomic E-state index is 2.32. The molecule has 0 aliphatic carbocycles. The van der Waals surface area contributed by atoms with E-state index in [9.17, 15) is 0 Å². The summed E-state index contributed by atoms with van der Waals surface area (Å²) >= 11 is 1.36. The first kappa shape index (κ1) is 13.2. The SMILES string of the molecule is Cc1ccc(C(C)(C)[SH+]c2ccccc2)cc1C. The number of thiol groups is 1. The topological polar surface area (TPSA) is 0 Å². The van der Waals surface area contributed by atoms with E-state index in [0.717, 1.165) is 0 Å². The molecule has 0 bridgehead atoms. The average Bonchev–Trinajstić information content (AvgIpc) is 2.33. The van der Waals surface area contributed by atoms with Crippen LogP contribution in [0.25, 0.3) is 0 Å². The van der Waals surface area contributed by atoms with Crippen molar-refractivity contribution >= 4 is 11.8 Å². The second kappa shape index (κ2) is 5.19. The minimum Gasteiger partial charge on any atom is -0.0619 e. The number of rotatable bonds is 3. The van der Waals surface area contributed by atoms with Gasteiger partial charge in [-0.1, -0.05) is 36.4 Å². The second-order valence-corrected chi connectivity index (χ2v) is 7.16. The molecule has 0 N–H and O–H groups in total. The molecule has 0 amide bonds. The molecule has 0 nitrogen and oxygen atoms in total. The first-order valence-corrected chi connectivity index (χ1v) is 7.24. The normalized spacial score (nSPS) is 11.6. The van der Waals surface area contributed by atoms with Crippen LogP contribution in [-0.2, 0) is 16.5 Å². The summed E-state index contributed by atoms with van der Waals surface area (Å²) in [5.41, 5.74) is 4.16. The molecule has 94 valence electrons. The van der Waals surface area contributed by atoms with Crippen LogP contribution >= 0.6 is 0 Å². The standard InChI is InChI=1S/C17H20S/c1-13-10-11-15(12-14(13)2)17(3,4)18-16-8-6-5-7-9-16/h5-12H,1-4H3/p+1. The Hall–Kier alpha value is -1.21. The second-order valence-electron chi connectivity index (χ2n) is 5.31. The Kier molecular flexibility index (Phi) is 3.82. The van der Waals surface area contributed by atoms with Gasteiger partial charge < -0.3 is 0 Å². The smallest absolute Gasteiger partial charge is 0.0619 e. The van der Waals surface area contributed by atoms with Crippen molar-refractivity contribution in [2.75, 3.05) is 0 Å². The van der Waals surface area contributed by atoms with Crippen molar-refractivity contribution in [2.24, 2.45) is 0 Å². The maximum atomic E-state index is 2.32. The zero-order valence-corrected chi connectivity index (χ0v) is 12.5. The molecular formula is C17H21S+. The third kappa shape index (κ3) is 2.97. The molecule has 0 radical (unpaired) electrons. The van der Waals surface area contributed by atoms with E-state index >= 15 is 0 Å². The molecule has 2 aromatic carbocycles. The molecule has 0 saturated heterocycles. The Morgan fingerprint density at radius 1 is 0.833 bits per heavy atom. The van der Waals surface area contributed by atoms with Crippen LogP contribution in [-0.4, -0.2) is 0 Å². The van der Waals surface area contributed by atoms with Crippen molar-refractivity contribution in [3.8, 4) is 0 Å². The van der Waals surface area contributed by atoms with Gasteiger partial charge in [-0.2, -0.15) is 0 Å². The minimum atomic E-state index is 0.153. The summed E-state index contributed by atoms with van der Waals surface area (Å²) in [5, 5.41) is 0. The van der Waals surface area contributed by atoms with Crippen LogP contribution in [0.4, 0.5) is 0 Å². The van der Waals surface area contributed by atoms with Crippen molar-refractivity contribution in [1.29, 1.82) is 0 Å². The van der Waals surface area contributed by atoms with Gasteiger partial charge >= 0.3 is 0 Å². The van der Waals surface area contributed by atoms with E-state index in [1.54, 1.807) is 0 Å². The van der Waals surface area contributed by atoms with Gasteiger partial charge in [0, 0.05) is 17.3 Å². The van der Waals surface area contributed by atoms with Gasteiger partial charge in [0.05, 0.1) is 0 Å². The van der Waals surface area contributed by atoms with E-state index in [1.165, 1.54) is 33.3 Å². The zero-order valence-electron chi connectivity index (χ0n) is 11.6. The molecule has 0 spiro atoms. The summed E-state index contributed by atoms with van der Waals surface area (Å²) in [6, 6.07) is 17.5. The molecule has 1 heteroatoms. The molecule has 0 aliphatic rings. The Morgan fingerprint density at radius 3 is 2.11 bits per heavy atom. The van der Waals surface area contributed by atoms with Gasteiger partial charge in [-0.15, -0.1) is 0 Å². The quantitative estimate of drug-likeness (QED) is 0.564. The van der Waals surface area contributed by atoms with Crippen LogP contribution in [0.3, 0.4) is 0 Å². The van der Waals surface area contributed by atoms with Crippen molar-refractivity contribution in [1.82, 2.24) is 0 Å². The molecule has 0 atom stereocenters. The van der Waals surface area contributed by atoms with Crippen LogP contribution in [0, 0.1) is 13.8 Å². The van der Waals surface area contributed by atoms with E-state index in [4.69, 9.17) is 0 Å². The summed E-state index contributed by atoms with van der Waals surface area (Å²) in [5.74, 6) is 0. The summed E-state index contributed by atoms with van der Waals surface area (Å²) in [6.45, 7) is 8.98. The van der Waals surface area contributed by atoms with Crippen LogP contribution in [0.2, 0.25) is 0 Å². The summed E-state index contributed by atoms with van der Waals surface area (Å²) in [4.78, 5) is 1.38. The molecule has 0 heterocycles. The van der Waals surface area contributed by atoms with Gasteiger partial charge in [-0.05, 0) is 51.0 Å². The summed E-state index contributed by atoms with van der Waals surface area (Å²) < 4.78 is 0.153. The van der Waals surface area contributed by atoms with Crippen LogP contribution in [0.1, 0.15) is 30.5 Å². The van der Waals surface area contributed by atoms with E-state index in [-0.39, 0.29) is 4.75 Å². The molecule has 2 rings (SSSR count). The zero-order chi connectivity index (χ0) is 13.2. The Labute approximate surface area is 114 Å². The van der Waals surface area contributed by atoms with E-state index < -0.39 is 0 Å². The average molecular weight is 257 g/mol. The molecule has 0 aromatic heterocycles. The molecule has 2 aromatic rings. The fourth-order valence-electron chi connectivity index (χ4n) is 2.01. The number of hydrogen-bond donors (Lipinski definition) is 0. The number of hydrogen-bond acceptors (Lipinski definition) is 0. The highest BCUT2D eigenvalue weighted by Gasteiger charge is 2.30. The van der Waals surface area contributed by atoms with Gasteiger partial charge in [0.25, 0.3) is 0 Å². The summed E-state index contributed by atoms with van der Waals surface area (Å²) in [7, 11) is 0.